The van der Waals surface area contributed by atoms with Crippen LogP contribution in [0.4, 0.5) is 35.9 Å². The number of alkyl carbamates (subject to hydrolysis) is 1. The number of carbonyl (C=O) groups excluding carboxylic acids is 3. The average molecular weight is 629 g/mol. The number of nitrogens with zero attached hydrogens (tertiary/aromatic N) is 1. The third-order valence-electron chi connectivity index (χ3n) is 6.20. The molecular formula is C31H34F6N2O5. The molecule has 0 aliphatic carbocycles. The molecule has 1 N–H and O–H groups in total. The number of aromatic nitrogens is 1. The molecule has 0 aliphatic rings. The van der Waals surface area contributed by atoms with Crippen LogP contribution in [-0.4, -0.2) is 39.8 Å². The van der Waals surface area contributed by atoms with Gasteiger partial charge in [0.2, 0.25) is 0 Å². The quantitative estimate of drug-likeness (QED) is 0.267. The van der Waals surface area contributed by atoms with Gasteiger partial charge in [0.05, 0.1) is 22.7 Å². The van der Waals surface area contributed by atoms with Gasteiger partial charge in [-0.3, -0.25) is 9.36 Å². The van der Waals surface area contributed by atoms with Crippen LogP contribution >= 0.6 is 0 Å². The summed E-state index contributed by atoms with van der Waals surface area (Å²) in [4.78, 5) is 39.0. The lowest BCUT2D eigenvalue weighted by Crippen LogP contribution is -2.44. The van der Waals surface area contributed by atoms with Crippen molar-refractivity contribution in [2.24, 2.45) is 0 Å². The predicted octanol–water partition coefficient (Wildman–Crippen LogP) is 8.10. The van der Waals surface area contributed by atoms with Crippen molar-refractivity contribution in [2.75, 3.05) is 0 Å². The molecule has 0 fully saturated rings. The molecule has 0 saturated heterocycles. The third-order valence-corrected chi connectivity index (χ3v) is 6.20. The topological polar surface area (TPSA) is 86.6 Å². The highest BCUT2D eigenvalue weighted by Crippen LogP contribution is 2.36. The first-order valence-electron chi connectivity index (χ1n) is 13.7. The Balaban J connectivity index is 1.95. The van der Waals surface area contributed by atoms with E-state index in [1.54, 1.807) is 65.8 Å². The maximum atomic E-state index is 13.4. The van der Waals surface area contributed by atoms with Crippen LogP contribution in [-0.2, 0) is 39.5 Å². The lowest BCUT2D eigenvalue weighted by molar-refractivity contribution is -0.143. The molecule has 1 unspecified atom stereocenters. The lowest BCUT2D eigenvalue weighted by atomic mass is 9.96. The van der Waals surface area contributed by atoms with Gasteiger partial charge in [-0.15, -0.1) is 0 Å². The minimum atomic E-state index is -5.04. The molecule has 3 aromatic rings. The highest BCUT2D eigenvalue weighted by molar-refractivity contribution is 5.93. The SMILES string of the molecule is CC(C)(C)OC(=O)NC(Cc1cn(C(=O)OC(C)(C)C)c2ccccc12)C(=O)CCc1cc(C(F)(F)F)cc(C(F)(F)F)c1. The molecule has 1 heterocycles. The van der Waals surface area contributed by atoms with Crippen molar-refractivity contribution < 1.29 is 50.2 Å². The molecule has 1 atom stereocenters. The van der Waals surface area contributed by atoms with Crippen LogP contribution in [0, 0.1) is 0 Å². The third kappa shape index (κ3) is 9.48. The number of benzene rings is 2. The molecule has 0 aliphatic heterocycles. The van der Waals surface area contributed by atoms with E-state index < -0.39 is 71.5 Å². The van der Waals surface area contributed by atoms with E-state index in [2.05, 4.69) is 5.32 Å². The number of fused-ring (bicyclic) bond motifs is 1. The van der Waals surface area contributed by atoms with Gasteiger partial charge in [-0.25, -0.2) is 9.59 Å². The summed E-state index contributed by atoms with van der Waals surface area (Å²) in [5, 5.41) is 3.04. The summed E-state index contributed by atoms with van der Waals surface area (Å²) in [7, 11) is 0. The van der Waals surface area contributed by atoms with Crippen LogP contribution < -0.4 is 5.32 Å². The Morgan fingerprint density at radius 3 is 1.89 bits per heavy atom. The van der Waals surface area contributed by atoms with Crippen LogP contribution in [0.5, 0.6) is 0 Å². The van der Waals surface area contributed by atoms with Gasteiger partial charge in [0.15, 0.2) is 5.78 Å². The van der Waals surface area contributed by atoms with Gasteiger partial charge in [-0.05, 0) is 83.4 Å². The molecule has 0 bridgehead atoms. The first-order valence-corrected chi connectivity index (χ1v) is 13.7. The predicted molar refractivity (Wildman–Crippen MR) is 150 cm³/mol. The van der Waals surface area contributed by atoms with Crippen LogP contribution in [0.25, 0.3) is 10.9 Å². The Kier molecular flexibility index (Phi) is 9.81. The molecule has 3 rings (SSSR count). The highest BCUT2D eigenvalue weighted by atomic mass is 19.4. The normalized spacial score (nSPS) is 13.5. The van der Waals surface area contributed by atoms with Gasteiger partial charge in [0.1, 0.15) is 11.2 Å². The van der Waals surface area contributed by atoms with Gasteiger partial charge in [-0.2, -0.15) is 26.3 Å². The number of Topliss-reactive ketones (excluding diaryl/α,β-unsaturated/α-hetero) is 1. The zero-order chi connectivity index (χ0) is 33.3. The monoisotopic (exact) mass is 628 g/mol. The van der Waals surface area contributed by atoms with Crippen molar-refractivity contribution in [1.29, 1.82) is 0 Å². The Bertz CT molecular complexity index is 1500. The number of rotatable bonds is 7. The van der Waals surface area contributed by atoms with Crippen LogP contribution in [0.3, 0.4) is 0 Å². The van der Waals surface area contributed by atoms with Crippen molar-refractivity contribution in [2.45, 2.75) is 90.4 Å². The minimum absolute atomic E-state index is 0.0125. The van der Waals surface area contributed by atoms with E-state index in [1.165, 1.54) is 10.8 Å². The minimum Gasteiger partial charge on any atom is -0.444 e. The summed E-state index contributed by atoms with van der Waals surface area (Å²) >= 11 is 0. The zero-order valence-electron chi connectivity index (χ0n) is 25.1. The fraction of sp³-hybridized carbons (Fsp3) is 0.452. The van der Waals surface area contributed by atoms with Crippen LogP contribution in [0.2, 0.25) is 0 Å². The highest BCUT2D eigenvalue weighted by Gasteiger charge is 2.37. The summed E-state index contributed by atoms with van der Waals surface area (Å²) in [6, 6.07) is 6.60. The van der Waals surface area contributed by atoms with E-state index in [0.717, 1.165) is 0 Å². The van der Waals surface area contributed by atoms with Crippen LogP contribution in [0.15, 0.2) is 48.7 Å². The molecule has 1 aromatic heterocycles. The largest absolute Gasteiger partial charge is 0.444 e. The Hall–Kier alpha value is -4.03. The smallest absolute Gasteiger partial charge is 0.419 e. The summed E-state index contributed by atoms with van der Waals surface area (Å²) in [5.41, 5.74) is -4.16. The molecular weight excluding hydrogens is 594 g/mol. The summed E-state index contributed by atoms with van der Waals surface area (Å²) in [6.07, 6.45) is -11.4. The van der Waals surface area contributed by atoms with Crippen molar-refractivity contribution in [3.63, 3.8) is 0 Å². The van der Waals surface area contributed by atoms with Crippen molar-refractivity contribution in [3.8, 4) is 0 Å². The molecule has 13 heteroatoms. The van der Waals surface area contributed by atoms with E-state index >= 15 is 0 Å². The van der Waals surface area contributed by atoms with E-state index in [1.807, 2.05) is 0 Å². The lowest BCUT2D eigenvalue weighted by Gasteiger charge is -2.23. The molecule has 0 radical (unpaired) electrons. The molecule has 2 aromatic carbocycles. The Labute approximate surface area is 250 Å². The zero-order valence-corrected chi connectivity index (χ0v) is 25.1. The molecule has 0 spiro atoms. The molecule has 0 saturated carbocycles. The second kappa shape index (κ2) is 12.5. The Morgan fingerprint density at radius 1 is 0.818 bits per heavy atom. The van der Waals surface area contributed by atoms with E-state index in [9.17, 15) is 40.7 Å². The van der Waals surface area contributed by atoms with E-state index in [4.69, 9.17) is 9.47 Å². The average Bonchev–Trinajstić information content (AvgIpc) is 3.22. The number of hydrogen-bond acceptors (Lipinski definition) is 5. The fourth-order valence-corrected chi connectivity index (χ4v) is 4.40. The van der Waals surface area contributed by atoms with Gasteiger partial charge in [-0.1, -0.05) is 18.2 Å². The van der Waals surface area contributed by atoms with Gasteiger partial charge in [0, 0.05) is 24.4 Å². The molecule has 7 nitrogen and oxygen atoms in total. The number of nitrogens with one attached hydrogen (secondary N) is 1. The Morgan fingerprint density at radius 2 is 1.36 bits per heavy atom. The first kappa shape index (κ1) is 34.5. The number of hydrogen-bond donors (Lipinski definition) is 1. The summed E-state index contributed by atoms with van der Waals surface area (Å²) < 4.78 is 92.0. The van der Waals surface area contributed by atoms with Crippen molar-refractivity contribution >= 4 is 28.9 Å². The van der Waals surface area contributed by atoms with Gasteiger partial charge < -0.3 is 14.8 Å². The molecule has 44 heavy (non-hydrogen) atoms. The number of aryl methyl sites for hydroxylation is 1. The number of ketones is 1. The molecule has 240 valence electrons. The fourth-order valence-electron chi connectivity index (χ4n) is 4.40. The number of halogens is 6. The standard InChI is InChI=1S/C31H34F6N2O5/c1-28(2,3)43-26(41)38-23(15-19-17-39(27(42)44-29(4,5)6)24-10-8-7-9-22(19)24)25(40)12-11-18-13-20(30(32,33)34)16-21(14-18)31(35,36)37/h7-10,13-14,16-17,23H,11-12,15H2,1-6H3,(H,38,41). The van der Waals surface area contributed by atoms with Crippen molar-refractivity contribution in [3.05, 3.63) is 70.9 Å². The number of carbonyl (C=O) groups is 3. The number of amides is 1. The first-order chi connectivity index (χ1) is 20.0. The number of para-hydroxylation sites is 1. The van der Waals surface area contributed by atoms with Crippen molar-refractivity contribution in [1.82, 2.24) is 9.88 Å². The maximum Gasteiger partial charge on any atom is 0.419 e. The van der Waals surface area contributed by atoms with Gasteiger partial charge >= 0.3 is 24.5 Å². The van der Waals surface area contributed by atoms with E-state index in [0.29, 0.717) is 28.6 Å². The second-order valence-corrected chi connectivity index (χ2v) is 12.3. The maximum absolute atomic E-state index is 13.4. The second-order valence-electron chi connectivity index (χ2n) is 12.3. The van der Waals surface area contributed by atoms with Gasteiger partial charge in [0.25, 0.3) is 0 Å². The molecule has 1 amide bonds. The van der Waals surface area contributed by atoms with Crippen LogP contribution in [0.1, 0.15) is 70.2 Å². The number of ether oxygens (including phenoxy) is 2. The number of alkyl halides is 6. The summed E-state index contributed by atoms with van der Waals surface area (Å²) in [6.45, 7) is 9.88. The van der Waals surface area contributed by atoms with E-state index in [-0.39, 0.29) is 18.1 Å². The summed E-state index contributed by atoms with van der Waals surface area (Å²) in [5.74, 6) is -0.670.